The average Bonchev–Trinajstić information content (AvgIpc) is 2.43. The summed E-state index contributed by atoms with van der Waals surface area (Å²) in [5, 5.41) is 11.2. The number of aromatic carboxylic acids is 1. The molecule has 0 saturated heterocycles. The van der Waals surface area contributed by atoms with Gasteiger partial charge in [-0.3, -0.25) is 9.78 Å². The van der Waals surface area contributed by atoms with Crippen LogP contribution < -0.4 is 5.32 Å². The molecular weight excluding hydrogens is 263 g/mol. The molecule has 0 aliphatic carbocycles. The van der Waals surface area contributed by atoms with E-state index in [0.717, 1.165) is 6.20 Å². The van der Waals surface area contributed by atoms with E-state index in [2.05, 4.69) is 10.3 Å². The summed E-state index contributed by atoms with van der Waals surface area (Å²) in [5.41, 5.74) is 0.827. The van der Waals surface area contributed by atoms with Crippen LogP contribution in [0.1, 0.15) is 26.4 Å². The summed E-state index contributed by atoms with van der Waals surface area (Å²) >= 11 is 0. The fraction of sp³-hybridized carbons (Fsp3) is 0.0714. The van der Waals surface area contributed by atoms with E-state index in [1.54, 1.807) is 19.1 Å². The van der Waals surface area contributed by atoms with E-state index in [4.69, 9.17) is 5.11 Å². The van der Waals surface area contributed by atoms with Gasteiger partial charge in [0, 0.05) is 11.9 Å². The number of nitrogens with zero attached hydrogens (tertiary/aromatic N) is 1. The summed E-state index contributed by atoms with van der Waals surface area (Å²) in [5.74, 6) is -2.08. The predicted molar refractivity (Wildman–Crippen MR) is 70.3 cm³/mol. The smallest absolute Gasteiger partial charge is 0.337 e. The molecule has 2 rings (SSSR count). The Hall–Kier alpha value is -2.76. The van der Waals surface area contributed by atoms with Gasteiger partial charge in [0.2, 0.25) is 0 Å². The molecule has 6 heteroatoms. The largest absolute Gasteiger partial charge is 0.478 e. The monoisotopic (exact) mass is 274 g/mol. The number of pyridine rings is 1. The Morgan fingerprint density at radius 3 is 2.55 bits per heavy atom. The molecule has 0 fully saturated rings. The van der Waals surface area contributed by atoms with Gasteiger partial charge in [-0.1, -0.05) is 6.07 Å². The van der Waals surface area contributed by atoms with Gasteiger partial charge in [-0.25, -0.2) is 9.18 Å². The average molecular weight is 274 g/mol. The Morgan fingerprint density at radius 2 is 2.00 bits per heavy atom. The zero-order valence-electron chi connectivity index (χ0n) is 10.6. The third-order valence-corrected chi connectivity index (χ3v) is 2.67. The second-order valence-electron chi connectivity index (χ2n) is 4.16. The molecule has 0 aliphatic heterocycles. The summed E-state index contributed by atoms with van der Waals surface area (Å²) < 4.78 is 13.3. The maximum atomic E-state index is 13.3. The lowest BCUT2D eigenvalue weighted by Crippen LogP contribution is -2.14. The number of aromatic nitrogens is 1. The number of anilines is 1. The van der Waals surface area contributed by atoms with E-state index in [1.807, 2.05) is 0 Å². The Kier molecular flexibility index (Phi) is 3.74. The van der Waals surface area contributed by atoms with Gasteiger partial charge in [-0.05, 0) is 36.8 Å². The molecule has 2 aromatic rings. The molecule has 1 aromatic carbocycles. The zero-order valence-corrected chi connectivity index (χ0v) is 10.6. The molecule has 0 unspecified atom stereocenters. The first-order valence-electron chi connectivity index (χ1n) is 5.74. The van der Waals surface area contributed by atoms with Crippen LogP contribution in [0.3, 0.4) is 0 Å². The van der Waals surface area contributed by atoms with Gasteiger partial charge in [0.1, 0.15) is 11.5 Å². The molecule has 1 heterocycles. The highest BCUT2D eigenvalue weighted by atomic mass is 19.1. The minimum Gasteiger partial charge on any atom is -0.478 e. The fourth-order valence-corrected chi connectivity index (χ4v) is 1.52. The maximum absolute atomic E-state index is 13.3. The van der Waals surface area contributed by atoms with Crippen molar-refractivity contribution in [3.05, 3.63) is 59.2 Å². The Labute approximate surface area is 114 Å². The van der Waals surface area contributed by atoms with Crippen molar-refractivity contribution in [2.24, 2.45) is 0 Å². The molecule has 5 nitrogen and oxygen atoms in total. The predicted octanol–water partition coefficient (Wildman–Crippen LogP) is 2.48. The molecule has 0 atom stereocenters. The van der Waals surface area contributed by atoms with Gasteiger partial charge < -0.3 is 10.4 Å². The van der Waals surface area contributed by atoms with E-state index in [9.17, 15) is 14.0 Å². The van der Waals surface area contributed by atoms with E-state index < -0.39 is 17.7 Å². The van der Waals surface area contributed by atoms with E-state index in [-0.39, 0.29) is 11.3 Å². The quantitative estimate of drug-likeness (QED) is 0.901. The summed E-state index contributed by atoms with van der Waals surface area (Å²) in [6, 6.07) is 6.90. The lowest BCUT2D eigenvalue weighted by molar-refractivity contribution is 0.0696. The van der Waals surface area contributed by atoms with Crippen LogP contribution in [-0.4, -0.2) is 22.0 Å². The third-order valence-electron chi connectivity index (χ3n) is 2.67. The van der Waals surface area contributed by atoms with E-state index in [1.165, 1.54) is 18.2 Å². The standard InChI is InChI=1S/C14H11FN2O3/c1-8-2-4-10(6-11(8)15)17-13(18)12-5-3-9(7-16-12)14(19)20/h2-7H,1H3,(H,17,18)(H,19,20). The molecule has 0 spiro atoms. The molecule has 0 bridgehead atoms. The number of aryl methyl sites for hydroxylation is 1. The summed E-state index contributed by atoms with van der Waals surface area (Å²) in [6.07, 6.45) is 1.09. The van der Waals surface area contributed by atoms with Gasteiger partial charge in [0.05, 0.1) is 5.56 Å². The number of carboxylic acids is 1. The van der Waals surface area contributed by atoms with Crippen LogP contribution in [0.25, 0.3) is 0 Å². The minimum absolute atomic E-state index is 0.0112. The number of hydrogen-bond donors (Lipinski definition) is 2. The number of hydrogen-bond acceptors (Lipinski definition) is 3. The number of nitrogens with one attached hydrogen (secondary N) is 1. The molecule has 20 heavy (non-hydrogen) atoms. The van der Waals surface area contributed by atoms with E-state index >= 15 is 0 Å². The van der Waals surface area contributed by atoms with Crippen LogP contribution in [0, 0.1) is 12.7 Å². The van der Waals surface area contributed by atoms with Crippen molar-refractivity contribution in [1.82, 2.24) is 4.98 Å². The van der Waals surface area contributed by atoms with Gasteiger partial charge in [-0.2, -0.15) is 0 Å². The molecule has 0 radical (unpaired) electrons. The van der Waals surface area contributed by atoms with Crippen molar-refractivity contribution in [2.45, 2.75) is 6.92 Å². The SMILES string of the molecule is Cc1ccc(NC(=O)c2ccc(C(=O)O)cn2)cc1F. The number of carbonyl (C=O) groups is 2. The van der Waals surface area contributed by atoms with Crippen LogP contribution >= 0.6 is 0 Å². The number of carboxylic acid groups (broad SMARTS) is 1. The van der Waals surface area contributed by atoms with Crippen LogP contribution in [0.4, 0.5) is 10.1 Å². The second-order valence-corrected chi connectivity index (χ2v) is 4.16. The van der Waals surface area contributed by atoms with Crippen LogP contribution in [0.2, 0.25) is 0 Å². The van der Waals surface area contributed by atoms with E-state index in [0.29, 0.717) is 11.3 Å². The fourth-order valence-electron chi connectivity index (χ4n) is 1.52. The highest BCUT2D eigenvalue weighted by Gasteiger charge is 2.10. The molecular formula is C14H11FN2O3. The van der Waals surface area contributed by atoms with Gasteiger partial charge in [0.25, 0.3) is 5.91 Å². The number of carbonyl (C=O) groups excluding carboxylic acids is 1. The Morgan fingerprint density at radius 1 is 1.25 bits per heavy atom. The molecule has 2 N–H and O–H groups in total. The molecule has 102 valence electrons. The number of rotatable bonds is 3. The first kappa shape index (κ1) is 13.7. The summed E-state index contributed by atoms with van der Waals surface area (Å²) in [7, 11) is 0. The van der Waals surface area contributed by atoms with Gasteiger partial charge >= 0.3 is 5.97 Å². The molecule has 1 amide bonds. The summed E-state index contributed by atoms with van der Waals surface area (Å²) in [4.78, 5) is 26.3. The second kappa shape index (κ2) is 5.48. The highest BCUT2D eigenvalue weighted by Crippen LogP contribution is 2.14. The topological polar surface area (TPSA) is 79.3 Å². The lowest BCUT2D eigenvalue weighted by Gasteiger charge is -2.06. The Balaban J connectivity index is 2.15. The van der Waals surface area contributed by atoms with Crippen LogP contribution in [0.15, 0.2) is 36.5 Å². The van der Waals surface area contributed by atoms with Crippen LogP contribution in [-0.2, 0) is 0 Å². The van der Waals surface area contributed by atoms with Crippen molar-refractivity contribution in [3.63, 3.8) is 0 Å². The highest BCUT2D eigenvalue weighted by molar-refractivity contribution is 6.03. The van der Waals surface area contributed by atoms with Crippen molar-refractivity contribution < 1.29 is 19.1 Å². The number of amides is 1. The number of benzene rings is 1. The minimum atomic E-state index is -1.12. The molecule has 0 aliphatic rings. The summed E-state index contributed by atoms with van der Waals surface area (Å²) in [6.45, 7) is 1.62. The lowest BCUT2D eigenvalue weighted by atomic mass is 10.2. The van der Waals surface area contributed by atoms with Crippen molar-refractivity contribution in [1.29, 1.82) is 0 Å². The van der Waals surface area contributed by atoms with Gasteiger partial charge in [-0.15, -0.1) is 0 Å². The van der Waals surface area contributed by atoms with Gasteiger partial charge in [0.15, 0.2) is 0 Å². The molecule has 1 aromatic heterocycles. The first-order chi connectivity index (χ1) is 9.47. The first-order valence-corrected chi connectivity index (χ1v) is 5.74. The zero-order chi connectivity index (χ0) is 14.7. The van der Waals surface area contributed by atoms with Crippen LogP contribution in [0.5, 0.6) is 0 Å². The maximum Gasteiger partial charge on any atom is 0.337 e. The number of halogens is 1. The normalized spacial score (nSPS) is 10.1. The molecule has 0 saturated carbocycles. The third kappa shape index (κ3) is 2.97. The van der Waals surface area contributed by atoms with Crippen molar-refractivity contribution >= 4 is 17.6 Å². The van der Waals surface area contributed by atoms with Crippen molar-refractivity contribution in [2.75, 3.05) is 5.32 Å². The van der Waals surface area contributed by atoms with Crippen molar-refractivity contribution in [3.8, 4) is 0 Å². The Bertz CT molecular complexity index is 669.